The Morgan fingerprint density at radius 3 is 2.41 bits per heavy atom. The molecule has 0 saturated carbocycles. The minimum atomic E-state index is 0.552. The Bertz CT molecular complexity index is 658. The molecule has 2 aromatic carbocycles. The molecule has 22 heavy (non-hydrogen) atoms. The Morgan fingerprint density at radius 2 is 1.73 bits per heavy atom. The van der Waals surface area contributed by atoms with Gasteiger partial charge < -0.3 is 10.2 Å². The summed E-state index contributed by atoms with van der Waals surface area (Å²) in [7, 11) is 0. The minimum Gasteiger partial charge on any atom is -0.381 e. The molecule has 1 aliphatic rings. The van der Waals surface area contributed by atoms with Crippen LogP contribution in [0.15, 0.2) is 36.4 Å². The van der Waals surface area contributed by atoms with Crippen LogP contribution in [0.25, 0.3) is 0 Å². The van der Waals surface area contributed by atoms with Crippen LogP contribution in [0.5, 0.6) is 0 Å². The van der Waals surface area contributed by atoms with Crippen LogP contribution in [-0.4, -0.2) is 12.6 Å². The van der Waals surface area contributed by atoms with E-state index in [2.05, 4.69) is 74.3 Å². The van der Waals surface area contributed by atoms with Gasteiger partial charge in [-0.25, -0.2) is 0 Å². The fourth-order valence-electron chi connectivity index (χ4n) is 3.18. The van der Waals surface area contributed by atoms with E-state index < -0.39 is 0 Å². The third kappa shape index (κ3) is 2.83. The Labute approximate surface area is 134 Å². The zero-order valence-corrected chi connectivity index (χ0v) is 14.1. The molecule has 0 spiro atoms. The lowest BCUT2D eigenvalue weighted by Crippen LogP contribution is -2.43. The number of hydrogen-bond donors (Lipinski definition) is 1. The number of hydrogen-bond acceptors (Lipinski definition) is 2. The van der Waals surface area contributed by atoms with Crippen molar-refractivity contribution in [3.8, 4) is 0 Å². The highest BCUT2D eigenvalue weighted by atomic mass is 15.2. The second-order valence-electron chi connectivity index (χ2n) is 6.51. The van der Waals surface area contributed by atoms with E-state index in [0.29, 0.717) is 6.04 Å². The normalized spacial score (nSPS) is 17.1. The summed E-state index contributed by atoms with van der Waals surface area (Å²) >= 11 is 0. The molecule has 1 unspecified atom stereocenters. The van der Waals surface area contributed by atoms with E-state index in [-0.39, 0.29) is 0 Å². The van der Waals surface area contributed by atoms with Crippen molar-refractivity contribution in [2.24, 2.45) is 0 Å². The largest absolute Gasteiger partial charge is 0.381 e. The van der Waals surface area contributed by atoms with Crippen LogP contribution in [0.2, 0.25) is 0 Å². The zero-order valence-electron chi connectivity index (χ0n) is 14.1. The minimum absolute atomic E-state index is 0.552. The summed E-state index contributed by atoms with van der Waals surface area (Å²) in [5, 5.41) is 3.61. The van der Waals surface area contributed by atoms with E-state index in [1.54, 1.807) is 0 Å². The van der Waals surface area contributed by atoms with Crippen molar-refractivity contribution in [3.05, 3.63) is 58.7 Å². The summed E-state index contributed by atoms with van der Waals surface area (Å²) in [6.45, 7) is 10.8. The molecule has 2 nitrogen and oxygen atoms in total. The first-order valence-corrected chi connectivity index (χ1v) is 8.25. The first kappa shape index (κ1) is 15.0. The molecule has 116 valence electrons. The summed E-state index contributed by atoms with van der Waals surface area (Å²) in [5.41, 5.74) is 8.06. The van der Waals surface area contributed by atoms with Crippen molar-refractivity contribution >= 4 is 11.4 Å². The lowest BCUT2D eigenvalue weighted by atomic mass is 10.0. The van der Waals surface area contributed by atoms with E-state index in [4.69, 9.17) is 0 Å². The highest BCUT2D eigenvalue weighted by Crippen LogP contribution is 2.35. The van der Waals surface area contributed by atoms with Crippen LogP contribution in [0.4, 0.5) is 11.4 Å². The van der Waals surface area contributed by atoms with Crippen LogP contribution in [0.1, 0.15) is 35.6 Å². The average Bonchev–Trinajstić information content (AvgIpc) is 2.51. The quantitative estimate of drug-likeness (QED) is 0.873. The second-order valence-corrected chi connectivity index (χ2v) is 6.51. The maximum atomic E-state index is 3.61. The predicted molar refractivity (Wildman–Crippen MR) is 95.8 cm³/mol. The molecule has 0 radical (unpaired) electrons. The molecule has 0 fully saturated rings. The molecule has 2 aromatic rings. The molecule has 2 heteroatoms. The third-order valence-corrected chi connectivity index (χ3v) is 4.84. The Hall–Kier alpha value is -1.96. The van der Waals surface area contributed by atoms with Crippen LogP contribution < -0.4 is 10.2 Å². The topological polar surface area (TPSA) is 15.3 Å². The second kappa shape index (κ2) is 6.04. The Morgan fingerprint density at radius 1 is 1.05 bits per heavy atom. The molecule has 0 bridgehead atoms. The molecule has 0 amide bonds. The van der Waals surface area contributed by atoms with Crippen molar-refractivity contribution in [2.45, 2.75) is 46.7 Å². The molecule has 0 aromatic heterocycles. The van der Waals surface area contributed by atoms with Crippen molar-refractivity contribution in [1.82, 2.24) is 0 Å². The van der Waals surface area contributed by atoms with E-state index in [0.717, 1.165) is 19.5 Å². The maximum absolute atomic E-state index is 3.61. The van der Waals surface area contributed by atoms with Gasteiger partial charge >= 0.3 is 0 Å². The van der Waals surface area contributed by atoms with Gasteiger partial charge in [0.05, 0.1) is 11.4 Å². The lowest BCUT2D eigenvalue weighted by Gasteiger charge is -2.40. The number of nitrogens with one attached hydrogen (secondary N) is 1. The molecule has 1 aliphatic heterocycles. The van der Waals surface area contributed by atoms with E-state index in [1.807, 2.05) is 0 Å². The number of benzene rings is 2. The number of aryl methyl sites for hydroxylation is 3. The predicted octanol–water partition coefficient (Wildman–Crippen LogP) is 4.82. The van der Waals surface area contributed by atoms with Gasteiger partial charge in [-0.1, -0.05) is 36.8 Å². The van der Waals surface area contributed by atoms with Gasteiger partial charge in [0.25, 0.3) is 0 Å². The molecular weight excluding hydrogens is 268 g/mol. The molecule has 1 heterocycles. The first-order chi connectivity index (χ1) is 10.6. The summed E-state index contributed by atoms with van der Waals surface area (Å²) < 4.78 is 0. The molecular formula is C20H26N2. The first-order valence-electron chi connectivity index (χ1n) is 8.25. The number of nitrogens with zero attached hydrogens (tertiary/aromatic N) is 1. The van der Waals surface area contributed by atoms with Gasteiger partial charge in [-0.05, 0) is 56.0 Å². The fraction of sp³-hybridized carbons (Fsp3) is 0.400. The van der Waals surface area contributed by atoms with Gasteiger partial charge in [-0.2, -0.15) is 0 Å². The van der Waals surface area contributed by atoms with E-state index >= 15 is 0 Å². The van der Waals surface area contributed by atoms with Crippen molar-refractivity contribution in [3.63, 3.8) is 0 Å². The van der Waals surface area contributed by atoms with E-state index in [1.165, 1.54) is 33.6 Å². The third-order valence-electron chi connectivity index (χ3n) is 4.84. The van der Waals surface area contributed by atoms with Gasteiger partial charge in [0.15, 0.2) is 0 Å². The van der Waals surface area contributed by atoms with Gasteiger partial charge in [0.1, 0.15) is 0 Å². The molecule has 0 saturated heterocycles. The molecule has 3 rings (SSSR count). The lowest BCUT2D eigenvalue weighted by molar-refractivity contribution is 0.580. The molecule has 1 N–H and O–H groups in total. The smallest absolute Gasteiger partial charge is 0.0611 e. The number of anilines is 2. The Kier molecular flexibility index (Phi) is 4.10. The van der Waals surface area contributed by atoms with Crippen molar-refractivity contribution in [1.29, 1.82) is 0 Å². The zero-order chi connectivity index (χ0) is 15.7. The van der Waals surface area contributed by atoms with Crippen LogP contribution in [0.3, 0.4) is 0 Å². The highest BCUT2D eigenvalue weighted by Gasteiger charge is 2.25. The number of fused-ring (bicyclic) bond motifs is 1. The summed E-state index contributed by atoms with van der Waals surface area (Å²) in [4.78, 5) is 2.57. The van der Waals surface area contributed by atoms with Crippen LogP contribution in [0, 0.1) is 20.8 Å². The van der Waals surface area contributed by atoms with Gasteiger partial charge in [-0.15, -0.1) is 0 Å². The SMILES string of the molecule is CCC1CNc2cc(C)c(C)cc2N1Cc1ccc(C)cc1. The number of rotatable bonds is 3. The molecule has 1 atom stereocenters. The summed E-state index contributed by atoms with van der Waals surface area (Å²) in [5.74, 6) is 0. The summed E-state index contributed by atoms with van der Waals surface area (Å²) in [6, 6.07) is 14.1. The van der Waals surface area contributed by atoms with Gasteiger partial charge in [0.2, 0.25) is 0 Å². The van der Waals surface area contributed by atoms with Crippen LogP contribution in [-0.2, 0) is 6.54 Å². The van der Waals surface area contributed by atoms with Gasteiger partial charge in [0, 0.05) is 19.1 Å². The maximum Gasteiger partial charge on any atom is 0.0611 e. The standard InChI is InChI=1S/C20H26N2/c1-5-18-12-21-19-10-15(3)16(4)11-20(19)22(18)13-17-8-6-14(2)7-9-17/h6-11,18,21H,5,12-13H2,1-4H3. The molecule has 0 aliphatic carbocycles. The van der Waals surface area contributed by atoms with Crippen LogP contribution >= 0.6 is 0 Å². The fourth-order valence-corrected chi connectivity index (χ4v) is 3.18. The van der Waals surface area contributed by atoms with Crippen molar-refractivity contribution < 1.29 is 0 Å². The van der Waals surface area contributed by atoms with Gasteiger partial charge in [-0.3, -0.25) is 0 Å². The summed E-state index contributed by atoms with van der Waals surface area (Å²) in [6.07, 6.45) is 1.16. The average molecular weight is 294 g/mol. The van der Waals surface area contributed by atoms with Crippen molar-refractivity contribution in [2.75, 3.05) is 16.8 Å². The highest BCUT2D eigenvalue weighted by molar-refractivity contribution is 5.75. The Balaban J connectivity index is 1.97. The monoisotopic (exact) mass is 294 g/mol. The van der Waals surface area contributed by atoms with E-state index in [9.17, 15) is 0 Å².